The van der Waals surface area contributed by atoms with Crippen molar-refractivity contribution in [3.63, 3.8) is 0 Å². The van der Waals surface area contributed by atoms with Gasteiger partial charge in [0.05, 0.1) is 16.3 Å². The molecule has 1 atom stereocenters. The molecule has 2 aromatic heterocycles. The Bertz CT molecular complexity index is 792. The van der Waals surface area contributed by atoms with Crippen LogP contribution in [0.2, 0.25) is 0 Å². The number of likely N-dealkylation sites (tertiary alicyclic amines) is 1. The Labute approximate surface area is 150 Å². The highest BCUT2D eigenvalue weighted by Gasteiger charge is 2.29. The number of aromatic nitrogens is 1. The van der Waals surface area contributed by atoms with Crippen molar-refractivity contribution in [1.29, 1.82) is 0 Å². The lowest BCUT2D eigenvalue weighted by Gasteiger charge is -2.34. The van der Waals surface area contributed by atoms with Crippen LogP contribution in [0, 0.1) is 0 Å². The monoisotopic (exact) mass is 356 g/mol. The largest absolute Gasteiger partial charge is 0.333 e. The third kappa shape index (κ3) is 3.23. The quantitative estimate of drug-likeness (QED) is 0.656. The Morgan fingerprint density at radius 2 is 2.17 bits per heavy atom. The van der Waals surface area contributed by atoms with E-state index in [1.807, 2.05) is 6.07 Å². The van der Waals surface area contributed by atoms with E-state index in [4.69, 9.17) is 4.98 Å². The van der Waals surface area contributed by atoms with E-state index in [1.165, 1.54) is 16.7 Å². The molecule has 1 amide bonds. The van der Waals surface area contributed by atoms with Crippen LogP contribution in [-0.4, -0.2) is 22.3 Å². The minimum absolute atomic E-state index is 0.158. The van der Waals surface area contributed by atoms with Crippen molar-refractivity contribution in [2.75, 3.05) is 6.54 Å². The number of thiazole rings is 1. The molecule has 1 aliphatic heterocycles. The maximum atomic E-state index is 12.8. The summed E-state index contributed by atoms with van der Waals surface area (Å²) >= 11 is 3.43. The molecule has 0 bridgehead atoms. The van der Waals surface area contributed by atoms with Gasteiger partial charge in [0.2, 0.25) is 5.91 Å². The van der Waals surface area contributed by atoms with Gasteiger partial charge in [-0.05, 0) is 60.2 Å². The number of amides is 1. The summed E-state index contributed by atoms with van der Waals surface area (Å²) < 4.78 is 1.21. The van der Waals surface area contributed by atoms with E-state index in [2.05, 4.69) is 39.9 Å². The zero-order valence-electron chi connectivity index (χ0n) is 13.5. The molecular weight excluding hydrogens is 336 g/mol. The number of aryl methyl sites for hydroxylation is 1. The van der Waals surface area contributed by atoms with Gasteiger partial charge in [0.25, 0.3) is 0 Å². The molecule has 5 heteroatoms. The summed E-state index contributed by atoms with van der Waals surface area (Å²) in [6.07, 6.45) is 4.74. The smallest absolute Gasteiger partial charge is 0.223 e. The maximum Gasteiger partial charge on any atom is 0.223 e. The van der Waals surface area contributed by atoms with Crippen molar-refractivity contribution in [3.8, 4) is 0 Å². The first-order valence-electron chi connectivity index (χ1n) is 8.47. The average Bonchev–Trinajstić information content (AvgIpc) is 3.29. The lowest BCUT2D eigenvalue weighted by molar-refractivity contribution is -0.135. The summed E-state index contributed by atoms with van der Waals surface area (Å²) in [5, 5.41) is 5.30. The number of fused-ring (bicyclic) bond motifs is 1. The Morgan fingerprint density at radius 1 is 1.25 bits per heavy atom. The fourth-order valence-electron chi connectivity index (χ4n) is 3.35. The normalized spacial score (nSPS) is 18.2. The minimum Gasteiger partial charge on any atom is -0.333 e. The first kappa shape index (κ1) is 15.8. The topological polar surface area (TPSA) is 33.2 Å². The Hall–Kier alpha value is -1.72. The van der Waals surface area contributed by atoms with Gasteiger partial charge < -0.3 is 4.90 Å². The number of benzene rings is 1. The lowest BCUT2D eigenvalue weighted by atomic mass is 10.0. The third-order valence-corrected chi connectivity index (χ3v) is 6.50. The number of para-hydroxylation sites is 1. The molecule has 0 spiro atoms. The van der Waals surface area contributed by atoms with E-state index in [0.29, 0.717) is 6.42 Å². The molecule has 0 aliphatic carbocycles. The van der Waals surface area contributed by atoms with Crippen molar-refractivity contribution < 1.29 is 4.79 Å². The molecule has 124 valence electrons. The highest BCUT2D eigenvalue weighted by atomic mass is 32.1. The van der Waals surface area contributed by atoms with Gasteiger partial charge >= 0.3 is 0 Å². The highest BCUT2D eigenvalue weighted by Crippen LogP contribution is 2.36. The summed E-state index contributed by atoms with van der Waals surface area (Å²) in [5.74, 6) is 0.269. The molecule has 3 nitrogen and oxygen atoms in total. The van der Waals surface area contributed by atoms with Crippen LogP contribution in [0.1, 0.15) is 42.3 Å². The van der Waals surface area contributed by atoms with E-state index in [9.17, 15) is 4.79 Å². The van der Waals surface area contributed by atoms with Gasteiger partial charge in [-0.2, -0.15) is 11.3 Å². The van der Waals surface area contributed by atoms with Crippen molar-refractivity contribution in [2.45, 2.75) is 38.1 Å². The van der Waals surface area contributed by atoms with Gasteiger partial charge in [-0.25, -0.2) is 4.98 Å². The standard InChI is InChI=1S/C19H20N2OS2/c22-18(9-8-14-10-12-23-13-14)21-11-4-3-6-16(21)19-20-15-5-1-2-7-17(15)24-19/h1-2,5,7,10,12-13,16H,3-4,6,8-9,11H2/t16-/m0/s1. The summed E-state index contributed by atoms with van der Waals surface area (Å²) in [6, 6.07) is 10.5. The molecule has 1 aliphatic rings. The second-order valence-corrected chi connectivity index (χ2v) is 8.09. The average molecular weight is 357 g/mol. The van der Waals surface area contributed by atoms with Crippen LogP contribution in [0.5, 0.6) is 0 Å². The molecular formula is C19H20N2OS2. The Morgan fingerprint density at radius 3 is 3.00 bits per heavy atom. The Balaban J connectivity index is 1.52. The van der Waals surface area contributed by atoms with Gasteiger partial charge in [0, 0.05) is 13.0 Å². The predicted molar refractivity (Wildman–Crippen MR) is 101 cm³/mol. The van der Waals surface area contributed by atoms with E-state index < -0.39 is 0 Å². The summed E-state index contributed by atoms with van der Waals surface area (Å²) in [6.45, 7) is 0.864. The molecule has 0 unspecified atom stereocenters. The van der Waals surface area contributed by atoms with Crippen LogP contribution in [-0.2, 0) is 11.2 Å². The number of piperidine rings is 1. The zero-order valence-corrected chi connectivity index (χ0v) is 15.1. The van der Waals surface area contributed by atoms with Crippen LogP contribution in [0.3, 0.4) is 0 Å². The Kier molecular flexibility index (Phi) is 4.63. The van der Waals surface area contributed by atoms with Crippen molar-refractivity contribution in [1.82, 2.24) is 9.88 Å². The number of carbonyl (C=O) groups is 1. The van der Waals surface area contributed by atoms with Gasteiger partial charge in [-0.3, -0.25) is 4.79 Å². The minimum atomic E-state index is 0.158. The maximum absolute atomic E-state index is 12.8. The lowest BCUT2D eigenvalue weighted by Crippen LogP contribution is -2.38. The molecule has 1 fully saturated rings. The number of thiophene rings is 1. The van der Waals surface area contributed by atoms with Gasteiger partial charge in [0.1, 0.15) is 5.01 Å². The van der Waals surface area contributed by atoms with Gasteiger partial charge in [-0.1, -0.05) is 12.1 Å². The first-order chi connectivity index (χ1) is 11.8. The van der Waals surface area contributed by atoms with Crippen LogP contribution in [0.25, 0.3) is 10.2 Å². The van der Waals surface area contributed by atoms with Crippen molar-refractivity contribution in [3.05, 3.63) is 51.7 Å². The second-order valence-electron chi connectivity index (χ2n) is 6.25. The summed E-state index contributed by atoms with van der Waals surface area (Å²) in [5.41, 5.74) is 2.32. The van der Waals surface area contributed by atoms with Crippen LogP contribution in [0.15, 0.2) is 41.1 Å². The van der Waals surface area contributed by atoms with Crippen molar-refractivity contribution >= 4 is 38.8 Å². The fourth-order valence-corrected chi connectivity index (χ4v) is 5.17. The second kappa shape index (κ2) is 7.03. The molecule has 0 N–H and O–H groups in total. The van der Waals surface area contributed by atoms with E-state index in [-0.39, 0.29) is 11.9 Å². The molecule has 0 radical (unpaired) electrons. The van der Waals surface area contributed by atoms with E-state index >= 15 is 0 Å². The SMILES string of the molecule is O=C(CCc1ccsc1)N1CCCC[C@H]1c1nc2ccccc2s1. The predicted octanol–water partition coefficient (Wildman–Crippen LogP) is 5.04. The van der Waals surface area contributed by atoms with Crippen LogP contribution >= 0.6 is 22.7 Å². The molecule has 3 heterocycles. The highest BCUT2D eigenvalue weighted by molar-refractivity contribution is 7.18. The number of carbonyl (C=O) groups excluding carboxylic acids is 1. The number of rotatable bonds is 4. The van der Waals surface area contributed by atoms with E-state index in [0.717, 1.165) is 36.3 Å². The number of hydrogen-bond donors (Lipinski definition) is 0. The third-order valence-electron chi connectivity index (χ3n) is 4.63. The zero-order chi connectivity index (χ0) is 16.4. The van der Waals surface area contributed by atoms with Crippen molar-refractivity contribution in [2.24, 2.45) is 0 Å². The molecule has 1 aromatic carbocycles. The molecule has 3 aromatic rings. The summed E-state index contributed by atoms with van der Waals surface area (Å²) in [7, 11) is 0. The molecule has 1 saturated heterocycles. The molecule has 0 saturated carbocycles. The molecule has 24 heavy (non-hydrogen) atoms. The summed E-state index contributed by atoms with van der Waals surface area (Å²) in [4.78, 5) is 19.7. The fraction of sp³-hybridized carbons (Fsp3) is 0.368. The number of nitrogens with zero attached hydrogens (tertiary/aromatic N) is 2. The van der Waals surface area contributed by atoms with Crippen LogP contribution < -0.4 is 0 Å². The van der Waals surface area contributed by atoms with E-state index in [1.54, 1.807) is 22.7 Å². The van der Waals surface area contributed by atoms with Gasteiger partial charge in [-0.15, -0.1) is 11.3 Å². The molecule has 4 rings (SSSR count). The van der Waals surface area contributed by atoms with Crippen LogP contribution in [0.4, 0.5) is 0 Å². The van der Waals surface area contributed by atoms with Gasteiger partial charge in [0.15, 0.2) is 0 Å². The number of hydrogen-bond acceptors (Lipinski definition) is 4. The first-order valence-corrected chi connectivity index (χ1v) is 10.2.